The molecule has 1 rings (SSSR count). The number of amides is 1. The molecule has 1 aliphatic rings. The molecule has 20 heavy (non-hydrogen) atoms. The lowest BCUT2D eigenvalue weighted by atomic mass is 9.93. The lowest BCUT2D eigenvalue weighted by molar-refractivity contribution is 0.0185. The van der Waals surface area contributed by atoms with Crippen LogP contribution in [0.3, 0.4) is 0 Å². The number of halogens is 1. The maximum absolute atomic E-state index is 12.0. The summed E-state index contributed by atoms with van der Waals surface area (Å²) < 4.78 is 11.7. The van der Waals surface area contributed by atoms with Gasteiger partial charge in [0, 0.05) is 13.2 Å². The Morgan fingerprint density at radius 3 is 2.30 bits per heavy atom. The van der Waals surface area contributed by atoms with E-state index in [-0.39, 0.29) is 17.6 Å². The fraction of sp³-hybridized carbons (Fsp3) is 0.933. The molecular weight excluding hydrogens is 369 g/mol. The zero-order chi connectivity index (χ0) is 15.6. The van der Waals surface area contributed by atoms with Crippen LogP contribution in [0.5, 0.6) is 0 Å². The average Bonchev–Trinajstić information content (AvgIpc) is 2.56. The highest BCUT2D eigenvalue weighted by molar-refractivity contribution is 14.1. The van der Waals surface area contributed by atoms with Crippen molar-refractivity contribution >= 4 is 28.7 Å². The Hall–Kier alpha value is -0.0400. The third-order valence-corrected chi connectivity index (χ3v) is 4.23. The summed E-state index contributed by atoms with van der Waals surface area (Å²) in [5, 5.41) is 0. The van der Waals surface area contributed by atoms with Gasteiger partial charge >= 0.3 is 6.09 Å². The Balaban J connectivity index is 2.41. The summed E-state index contributed by atoms with van der Waals surface area (Å²) in [6.07, 6.45) is 0.908. The third kappa shape index (κ3) is 6.61. The first-order valence-electron chi connectivity index (χ1n) is 7.21. The average molecular weight is 397 g/mol. The number of ether oxygens (including phenoxy) is 2. The van der Waals surface area contributed by atoms with Crippen LogP contribution < -0.4 is 0 Å². The first kappa shape index (κ1) is 18.0. The molecule has 0 aliphatic carbocycles. The molecule has 5 heteroatoms. The minimum absolute atomic E-state index is 0.116. The number of rotatable bonds is 3. The lowest BCUT2D eigenvalue weighted by Crippen LogP contribution is -2.36. The Morgan fingerprint density at radius 1 is 1.20 bits per heavy atom. The standard InChI is InChI=1S/C15H28INO3/c1-14(2,3)7-8-19-12-10-17(9-11(12)16)13(18)20-15(4,5)6/h11-12H,7-10H2,1-6H3. The van der Waals surface area contributed by atoms with Crippen molar-refractivity contribution in [2.24, 2.45) is 5.41 Å². The van der Waals surface area contributed by atoms with E-state index >= 15 is 0 Å². The van der Waals surface area contributed by atoms with Crippen LogP contribution in [0.4, 0.5) is 4.79 Å². The van der Waals surface area contributed by atoms with E-state index in [0.717, 1.165) is 13.0 Å². The molecule has 2 atom stereocenters. The zero-order valence-electron chi connectivity index (χ0n) is 13.5. The van der Waals surface area contributed by atoms with Gasteiger partial charge in [-0.25, -0.2) is 4.79 Å². The summed E-state index contributed by atoms with van der Waals surface area (Å²) in [6, 6.07) is 0. The number of hydrogen-bond acceptors (Lipinski definition) is 3. The third-order valence-electron chi connectivity index (χ3n) is 3.03. The number of alkyl halides is 1. The van der Waals surface area contributed by atoms with Crippen molar-refractivity contribution in [3.05, 3.63) is 0 Å². The number of carbonyl (C=O) groups excluding carboxylic acids is 1. The van der Waals surface area contributed by atoms with Crippen LogP contribution in [-0.2, 0) is 9.47 Å². The summed E-state index contributed by atoms with van der Waals surface area (Å²) in [4.78, 5) is 13.8. The van der Waals surface area contributed by atoms with Crippen LogP contribution in [-0.4, -0.2) is 46.3 Å². The van der Waals surface area contributed by atoms with Crippen molar-refractivity contribution in [1.82, 2.24) is 4.90 Å². The Morgan fingerprint density at radius 2 is 1.80 bits per heavy atom. The van der Waals surface area contributed by atoms with E-state index in [2.05, 4.69) is 43.4 Å². The molecule has 0 radical (unpaired) electrons. The number of likely N-dealkylation sites (tertiary alicyclic amines) is 1. The van der Waals surface area contributed by atoms with E-state index in [1.54, 1.807) is 4.90 Å². The zero-order valence-corrected chi connectivity index (χ0v) is 15.7. The molecule has 0 bridgehead atoms. The lowest BCUT2D eigenvalue weighted by Gasteiger charge is -2.24. The molecule has 0 saturated carbocycles. The largest absolute Gasteiger partial charge is 0.444 e. The van der Waals surface area contributed by atoms with Gasteiger partial charge in [-0.15, -0.1) is 0 Å². The topological polar surface area (TPSA) is 38.8 Å². The number of nitrogens with zero attached hydrogens (tertiary/aromatic N) is 1. The van der Waals surface area contributed by atoms with E-state index in [0.29, 0.717) is 17.0 Å². The molecule has 1 aliphatic heterocycles. The molecule has 1 amide bonds. The summed E-state index contributed by atoms with van der Waals surface area (Å²) in [6.45, 7) is 14.4. The molecule has 0 aromatic carbocycles. The predicted octanol–water partition coefficient (Wildman–Crippen LogP) is 3.86. The van der Waals surface area contributed by atoms with Crippen LogP contribution in [0.25, 0.3) is 0 Å². The summed E-state index contributed by atoms with van der Waals surface area (Å²) >= 11 is 2.37. The normalized spacial score (nSPS) is 24.1. The summed E-state index contributed by atoms with van der Waals surface area (Å²) in [7, 11) is 0. The molecule has 1 fully saturated rings. The van der Waals surface area contributed by atoms with E-state index in [1.165, 1.54) is 0 Å². The molecule has 2 unspecified atom stereocenters. The Bertz CT molecular complexity index is 333. The van der Waals surface area contributed by atoms with Crippen molar-refractivity contribution in [3.8, 4) is 0 Å². The minimum Gasteiger partial charge on any atom is -0.444 e. The molecule has 1 saturated heterocycles. The fourth-order valence-corrected chi connectivity index (χ4v) is 2.79. The molecule has 0 aromatic heterocycles. The van der Waals surface area contributed by atoms with E-state index in [1.807, 2.05) is 20.8 Å². The molecule has 1 heterocycles. The van der Waals surface area contributed by atoms with Crippen molar-refractivity contribution in [2.45, 2.75) is 63.6 Å². The first-order chi connectivity index (χ1) is 8.98. The van der Waals surface area contributed by atoms with Gasteiger partial charge in [-0.1, -0.05) is 43.4 Å². The van der Waals surface area contributed by atoms with Crippen molar-refractivity contribution in [2.75, 3.05) is 19.7 Å². The number of hydrogen-bond donors (Lipinski definition) is 0. The van der Waals surface area contributed by atoms with Crippen LogP contribution in [0.2, 0.25) is 0 Å². The molecule has 0 N–H and O–H groups in total. The van der Waals surface area contributed by atoms with Crippen LogP contribution >= 0.6 is 22.6 Å². The van der Waals surface area contributed by atoms with E-state index in [4.69, 9.17) is 9.47 Å². The van der Waals surface area contributed by atoms with Gasteiger partial charge in [0.2, 0.25) is 0 Å². The van der Waals surface area contributed by atoms with Gasteiger partial charge < -0.3 is 14.4 Å². The summed E-state index contributed by atoms with van der Waals surface area (Å²) in [5.74, 6) is 0. The Labute approximate surface area is 136 Å². The van der Waals surface area contributed by atoms with Crippen molar-refractivity contribution < 1.29 is 14.3 Å². The predicted molar refractivity (Wildman–Crippen MR) is 89.4 cm³/mol. The van der Waals surface area contributed by atoms with Gasteiger partial charge in [-0.2, -0.15) is 0 Å². The highest BCUT2D eigenvalue weighted by Crippen LogP contribution is 2.25. The van der Waals surface area contributed by atoms with Gasteiger partial charge in [0.15, 0.2) is 0 Å². The maximum atomic E-state index is 12.0. The number of carbonyl (C=O) groups is 1. The van der Waals surface area contributed by atoms with E-state index < -0.39 is 5.60 Å². The summed E-state index contributed by atoms with van der Waals surface area (Å²) in [5.41, 5.74) is -0.159. The van der Waals surface area contributed by atoms with Crippen LogP contribution in [0.15, 0.2) is 0 Å². The maximum Gasteiger partial charge on any atom is 0.410 e. The monoisotopic (exact) mass is 397 g/mol. The molecule has 118 valence electrons. The van der Waals surface area contributed by atoms with Gasteiger partial charge in [-0.05, 0) is 32.6 Å². The van der Waals surface area contributed by atoms with Crippen molar-refractivity contribution in [3.63, 3.8) is 0 Å². The van der Waals surface area contributed by atoms with Crippen molar-refractivity contribution in [1.29, 1.82) is 0 Å². The SMILES string of the molecule is CC(C)(C)CCOC1CN(C(=O)OC(C)(C)C)CC1I. The van der Waals surface area contributed by atoms with Gasteiger partial charge in [-0.3, -0.25) is 0 Å². The van der Waals surface area contributed by atoms with Crippen LogP contribution in [0, 0.1) is 5.41 Å². The highest BCUT2D eigenvalue weighted by Gasteiger charge is 2.36. The van der Waals surface area contributed by atoms with Gasteiger partial charge in [0.25, 0.3) is 0 Å². The van der Waals surface area contributed by atoms with Crippen LogP contribution in [0.1, 0.15) is 48.0 Å². The van der Waals surface area contributed by atoms with Gasteiger partial charge in [0.05, 0.1) is 16.6 Å². The molecule has 0 aromatic rings. The Kier molecular flexibility index (Phi) is 6.14. The second-order valence-corrected chi connectivity index (χ2v) is 9.22. The second-order valence-electron chi connectivity index (χ2n) is 7.62. The van der Waals surface area contributed by atoms with E-state index in [9.17, 15) is 4.79 Å². The molecule has 0 spiro atoms. The fourth-order valence-electron chi connectivity index (χ4n) is 1.88. The second kappa shape index (κ2) is 6.81. The van der Waals surface area contributed by atoms with Gasteiger partial charge in [0.1, 0.15) is 5.60 Å². The first-order valence-corrected chi connectivity index (χ1v) is 8.46. The highest BCUT2D eigenvalue weighted by atomic mass is 127. The molecular formula is C15H28INO3. The smallest absolute Gasteiger partial charge is 0.410 e. The molecule has 4 nitrogen and oxygen atoms in total. The minimum atomic E-state index is -0.441. The quantitative estimate of drug-likeness (QED) is 0.536.